The number of ether oxygens (including phenoxy) is 2. The molecule has 2 bridgehead atoms. The second kappa shape index (κ2) is 10.7. The van der Waals surface area contributed by atoms with Gasteiger partial charge in [0, 0.05) is 12.1 Å². The van der Waals surface area contributed by atoms with Gasteiger partial charge in [-0.05, 0) is 66.5 Å². The molecule has 11 heteroatoms. The zero-order chi connectivity index (χ0) is 29.5. The standard InChI is InChI=1S/C31H27N3O8/c1-41-21-11-12-25(34(39)40)24(15-21)32-26(35)16-42-31(38)18-7-9-20(10-8-18)33-29(36)27-19-13-22(17-5-3-2-4-6-17)23(14-19)28(27)30(33)37/h2-12,15,19,22-23,27-28H,13-14,16H2,1H3,(H,32,35)/t19-,22+,23+,27+,28+/m0/s1. The van der Waals surface area contributed by atoms with Crippen molar-refractivity contribution in [3.05, 3.63) is 94.0 Å². The monoisotopic (exact) mass is 569 g/mol. The van der Waals surface area contributed by atoms with E-state index in [4.69, 9.17) is 9.47 Å². The van der Waals surface area contributed by atoms with E-state index in [0.717, 1.165) is 12.8 Å². The van der Waals surface area contributed by atoms with Gasteiger partial charge in [0.15, 0.2) is 6.61 Å². The average molecular weight is 570 g/mol. The van der Waals surface area contributed by atoms with Gasteiger partial charge in [-0.2, -0.15) is 0 Å². The summed E-state index contributed by atoms with van der Waals surface area (Å²) in [7, 11) is 1.38. The molecule has 0 spiro atoms. The summed E-state index contributed by atoms with van der Waals surface area (Å²) in [6.07, 6.45) is 1.77. The van der Waals surface area contributed by atoms with Gasteiger partial charge < -0.3 is 14.8 Å². The molecule has 6 rings (SSSR count). The summed E-state index contributed by atoms with van der Waals surface area (Å²) in [4.78, 5) is 63.7. The Morgan fingerprint density at radius 1 is 0.976 bits per heavy atom. The number of esters is 1. The normalized spacial score (nSPS) is 23.9. The molecule has 11 nitrogen and oxygen atoms in total. The highest BCUT2D eigenvalue weighted by Gasteiger charge is 2.64. The lowest BCUT2D eigenvalue weighted by Gasteiger charge is -2.28. The number of benzene rings is 3. The lowest BCUT2D eigenvalue weighted by Crippen LogP contribution is -2.33. The number of hydrogen-bond acceptors (Lipinski definition) is 8. The van der Waals surface area contributed by atoms with Crippen LogP contribution in [0.5, 0.6) is 5.75 Å². The molecular weight excluding hydrogens is 542 g/mol. The highest BCUT2D eigenvalue weighted by molar-refractivity contribution is 6.22. The molecule has 3 aromatic carbocycles. The van der Waals surface area contributed by atoms with Gasteiger partial charge in [0.1, 0.15) is 11.4 Å². The first-order valence-electron chi connectivity index (χ1n) is 13.6. The van der Waals surface area contributed by atoms with Gasteiger partial charge in [-0.1, -0.05) is 30.3 Å². The largest absolute Gasteiger partial charge is 0.497 e. The van der Waals surface area contributed by atoms with Crippen LogP contribution in [0.3, 0.4) is 0 Å². The molecule has 214 valence electrons. The fraction of sp³-hybridized carbons (Fsp3) is 0.290. The molecule has 1 aliphatic heterocycles. The average Bonchev–Trinajstić information content (AvgIpc) is 3.67. The second-order valence-electron chi connectivity index (χ2n) is 10.8. The van der Waals surface area contributed by atoms with Crippen LogP contribution in [-0.4, -0.2) is 42.3 Å². The Hall–Kier alpha value is -5.06. The topological polar surface area (TPSA) is 145 Å². The third-order valence-electron chi connectivity index (χ3n) is 8.61. The summed E-state index contributed by atoms with van der Waals surface area (Å²) in [6, 6.07) is 19.9. The Kier molecular flexibility index (Phi) is 6.93. The summed E-state index contributed by atoms with van der Waals surface area (Å²) in [5.41, 5.74) is 1.26. The summed E-state index contributed by atoms with van der Waals surface area (Å²) in [5, 5.41) is 13.6. The zero-order valence-corrected chi connectivity index (χ0v) is 22.6. The second-order valence-corrected chi connectivity index (χ2v) is 10.8. The van der Waals surface area contributed by atoms with Gasteiger partial charge in [-0.25, -0.2) is 4.79 Å². The first-order valence-corrected chi connectivity index (χ1v) is 13.6. The quantitative estimate of drug-likeness (QED) is 0.183. The smallest absolute Gasteiger partial charge is 0.338 e. The molecule has 3 fully saturated rings. The molecule has 1 N–H and O–H groups in total. The van der Waals surface area contributed by atoms with Gasteiger partial charge in [0.25, 0.3) is 11.6 Å². The number of amides is 3. The van der Waals surface area contributed by atoms with Crippen LogP contribution in [0.25, 0.3) is 0 Å². The van der Waals surface area contributed by atoms with Crippen LogP contribution >= 0.6 is 0 Å². The lowest BCUT2D eigenvalue weighted by atomic mass is 9.73. The summed E-state index contributed by atoms with van der Waals surface area (Å²) in [6.45, 7) is -0.688. The van der Waals surface area contributed by atoms with E-state index in [1.165, 1.54) is 60.0 Å². The van der Waals surface area contributed by atoms with Crippen molar-refractivity contribution < 1.29 is 33.6 Å². The number of fused-ring (bicyclic) bond motifs is 5. The van der Waals surface area contributed by atoms with Crippen LogP contribution < -0.4 is 15.0 Å². The molecule has 5 atom stereocenters. The molecule has 3 aromatic rings. The minimum Gasteiger partial charge on any atom is -0.497 e. The first-order chi connectivity index (χ1) is 20.3. The van der Waals surface area contributed by atoms with E-state index in [0.29, 0.717) is 11.4 Å². The van der Waals surface area contributed by atoms with Crippen molar-refractivity contribution in [2.75, 3.05) is 23.9 Å². The van der Waals surface area contributed by atoms with Crippen LogP contribution in [0.1, 0.15) is 34.7 Å². The third-order valence-corrected chi connectivity index (χ3v) is 8.61. The predicted octanol–water partition coefficient (Wildman–Crippen LogP) is 4.33. The number of nitrogens with one attached hydrogen (secondary N) is 1. The minimum atomic E-state index is -0.809. The molecule has 1 saturated heterocycles. The van der Waals surface area contributed by atoms with Gasteiger partial charge >= 0.3 is 5.97 Å². The molecular formula is C31H27N3O8. The van der Waals surface area contributed by atoms with Crippen molar-refractivity contribution in [3.63, 3.8) is 0 Å². The Balaban J connectivity index is 1.09. The summed E-state index contributed by atoms with van der Waals surface area (Å²) < 4.78 is 10.1. The Morgan fingerprint density at radius 3 is 2.38 bits per heavy atom. The van der Waals surface area contributed by atoms with E-state index in [9.17, 15) is 29.3 Å². The molecule has 0 unspecified atom stereocenters. The molecule has 3 aliphatic rings. The molecule has 2 aliphatic carbocycles. The minimum absolute atomic E-state index is 0.0991. The van der Waals surface area contributed by atoms with Gasteiger partial charge in [0.05, 0.1) is 35.1 Å². The number of nitro benzene ring substituents is 1. The highest BCUT2D eigenvalue weighted by Crippen LogP contribution is 2.61. The zero-order valence-electron chi connectivity index (χ0n) is 22.6. The summed E-state index contributed by atoms with van der Waals surface area (Å²) in [5.74, 6) is -1.77. The molecule has 0 aromatic heterocycles. The maximum Gasteiger partial charge on any atom is 0.338 e. The van der Waals surface area contributed by atoms with Crippen molar-refractivity contribution in [2.45, 2.75) is 18.8 Å². The van der Waals surface area contributed by atoms with Crippen molar-refractivity contribution in [1.29, 1.82) is 0 Å². The molecule has 3 amide bonds. The Bertz CT molecular complexity index is 1590. The number of anilines is 2. The van der Waals surface area contributed by atoms with E-state index >= 15 is 0 Å². The number of methoxy groups -OCH3 is 1. The van der Waals surface area contributed by atoms with Crippen LogP contribution in [-0.2, 0) is 19.1 Å². The summed E-state index contributed by atoms with van der Waals surface area (Å²) >= 11 is 0. The van der Waals surface area contributed by atoms with E-state index < -0.39 is 23.4 Å². The Labute approximate surface area is 240 Å². The van der Waals surface area contributed by atoms with Crippen LogP contribution in [0.2, 0.25) is 0 Å². The SMILES string of the molecule is COc1ccc([N+](=O)[O-])c(NC(=O)COC(=O)c2ccc(N3C(=O)[C@@H]4[C@@H]5C[C@@H]([C@H]4C3=O)[C@@H](c3ccccc3)C5)cc2)c1. The lowest BCUT2D eigenvalue weighted by molar-refractivity contribution is -0.383. The molecule has 0 radical (unpaired) electrons. The van der Waals surface area contributed by atoms with Crippen molar-refractivity contribution in [1.82, 2.24) is 0 Å². The number of hydrogen-bond donors (Lipinski definition) is 1. The van der Waals surface area contributed by atoms with Crippen LogP contribution in [0.4, 0.5) is 17.1 Å². The highest BCUT2D eigenvalue weighted by atomic mass is 16.6. The molecule has 2 saturated carbocycles. The molecule has 42 heavy (non-hydrogen) atoms. The number of carbonyl (C=O) groups is 4. The van der Waals surface area contributed by atoms with E-state index in [-0.39, 0.29) is 58.3 Å². The van der Waals surface area contributed by atoms with Crippen LogP contribution in [0.15, 0.2) is 72.8 Å². The van der Waals surface area contributed by atoms with Crippen LogP contribution in [0, 0.1) is 33.8 Å². The third kappa shape index (κ3) is 4.66. The number of carbonyl (C=O) groups excluding carboxylic acids is 4. The van der Waals surface area contributed by atoms with Crippen molar-refractivity contribution in [3.8, 4) is 5.75 Å². The van der Waals surface area contributed by atoms with Gasteiger partial charge in [-0.3, -0.25) is 29.4 Å². The Morgan fingerprint density at radius 2 is 1.69 bits per heavy atom. The van der Waals surface area contributed by atoms with Crippen molar-refractivity contribution >= 4 is 40.8 Å². The van der Waals surface area contributed by atoms with Crippen molar-refractivity contribution in [2.24, 2.45) is 23.7 Å². The first kappa shape index (κ1) is 27.1. The number of rotatable bonds is 8. The fourth-order valence-corrected chi connectivity index (χ4v) is 6.85. The van der Waals surface area contributed by atoms with E-state index in [1.807, 2.05) is 18.2 Å². The number of imide groups is 1. The fourth-order valence-electron chi connectivity index (χ4n) is 6.85. The maximum atomic E-state index is 13.5. The van der Waals surface area contributed by atoms with Gasteiger partial charge in [0.2, 0.25) is 11.8 Å². The number of nitro groups is 1. The van der Waals surface area contributed by atoms with E-state index in [2.05, 4.69) is 17.4 Å². The maximum absolute atomic E-state index is 13.5. The van der Waals surface area contributed by atoms with E-state index in [1.54, 1.807) is 0 Å². The van der Waals surface area contributed by atoms with Gasteiger partial charge in [-0.15, -0.1) is 0 Å². The number of nitrogens with zero attached hydrogens (tertiary/aromatic N) is 2. The predicted molar refractivity (Wildman–Crippen MR) is 150 cm³/mol. The molecule has 1 heterocycles.